The maximum absolute atomic E-state index is 13.4. The molecule has 2 heterocycles. The Morgan fingerprint density at radius 1 is 1.16 bits per heavy atom. The van der Waals surface area contributed by atoms with Crippen LogP contribution in [-0.4, -0.2) is 39.5 Å². The minimum Gasteiger partial charge on any atom is -0.481 e. The number of nitrogens with zero attached hydrogens (tertiary/aromatic N) is 1. The number of aliphatic carboxylic acids is 1. The number of methoxy groups -OCH3 is 1. The summed E-state index contributed by atoms with van der Waals surface area (Å²) in [6.07, 6.45) is -6.92. The molecule has 3 aromatic rings. The van der Waals surface area contributed by atoms with E-state index in [0.29, 0.717) is 5.56 Å². The van der Waals surface area contributed by atoms with Gasteiger partial charge in [-0.2, -0.15) is 13.2 Å². The first-order valence-corrected chi connectivity index (χ1v) is 11.6. The molecule has 0 amide bonds. The fourth-order valence-corrected chi connectivity index (χ4v) is 6.06. The lowest BCUT2D eigenvalue weighted by Gasteiger charge is -2.41. The van der Waals surface area contributed by atoms with Gasteiger partial charge in [0.05, 0.1) is 30.8 Å². The van der Waals surface area contributed by atoms with E-state index in [2.05, 4.69) is 4.98 Å². The second kappa shape index (κ2) is 8.61. The van der Waals surface area contributed by atoms with Crippen LogP contribution in [0.25, 0.3) is 0 Å². The second-order valence-electron chi connectivity index (χ2n) is 9.10. The molecule has 37 heavy (non-hydrogen) atoms. The average Bonchev–Trinajstić information content (AvgIpc) is 3.21. The third kappa shape index (κ3) is 3.58. The number of carboxylic acid groups (broad SMARTS) is 1. The number of alkyl halides is 3. The number of fused-ring (bicyclic) bond motifs is 3. The topological polar surface area (TPSA) is 109 Å². The van der Waals surface area contributed by atoms with Crippen LogP contribution < -0.4 is 9.47 Å². The van der Waals surface area contributed by atoms with Gasteiger partial charge in [-0.25, -0.2) is 4.98 Å². The molecule has 2 aromatic carbocycles. The number of aromatic nitrogens is 1. The molecule has 0 spiro atoms. The second-order valence-corrected chi connectivity index (χ2v) is 9.49. The monoisotopic (exact) mass is 535 g/mol. The van der Waals surface area contributed by atoms with Gasteiger partial charge in [0.1, 0.15) is 10.9 Å². The minimum absolute atomic E-state index is 0.00741. The molecule has 7 nitrogen and oxygen atoms in total. The van der Waals surface area contributed by atoms with E-state index < -0.39 is 53.3 Å². The summed E-state index contributed by atoms with van der Waals surface area (Å²) in [5, 5.41) is 33.8. The van der Waals surface area contributed by atoms with Gasteiger partial charge in [0.15, 0.2) is 11.2 Å². The van der Waals surface area contributed by atoms with Gasteiger partial charge < -0.3 is 24.8 Å². The molecule has 0 saturated heterocycles. The summed E-state index contributed by atoms with van der Waals surface area (Å²) in [7, 11) is 1.27. The number of hydrogen-bond acceptors (Lipinski definition) is 6. The van der Waals surface area contributed by atoms with Crippen molar-refractivity contribution in [3.05, 3.63) is 88.1 Å². The van der Waals surface area contributed by atoms with Gasteiger partial charge in [-0.05, 0) is 23.3 Å². The molecule has 1 saturated carbocycles. The zero-order valence-electron chi connectivity index (χ0n) is 19.2. The molecular formula is C26H21ClF3NO6. The van der Waals surface area contributed by atoms with E-state index in [9.17, 15) is 33.3 Å². The highest BCUT2D eigenvalue weighted by atomic mass is 35.5. The third-order valence-corrected chi connectivity index (χ3v) is 7.43. The number of hydrogen-bond donors (Lipinski definition) is 3. The minimum atomic E-state index is -4.62. The fraction of sp³-hybridized carbons (Fsp3) is 0.308. The zero-order valence-corrected chi connectivity index (χ0v) is 20.0. The van der Waals surface area contributed by atoms with Crippen LogP contribution in [0.4, 0.5) is 13.2 Å². The van der Waals surface area contributed by atoms with Crippen LogP contribution in [0.2, 0.25) is 5.15 Å². The molecule has 1 aromatic heterocycles. The van der Waals surface area contributed by atoms with Crippen molar-refractivity contribution >= 4 is 17.6 Å². The third-order valence-electron chi connectivity index (χ3n) is 7.24. The van der Waals surface area contributed by atoms with Crippen molar-refractivity contribution in [1.82, 2.24) is 4.98 Å². The maximum Gasteiger partial charge on any atom is 0.416 e. The predicted octanol–water partition coefficient (Wildman–Crippen LogP) is 4.49. The highest BCUT2D eigenvalue weighted by molar-refractivity contribution is 6.29. The first kappa shape index (κ1) is 25.3. The molecule has 5 rings (SSSR count). The summed E-state index contributed by atoms with van der Waals surface area (Å²) in [5.41, 5.74) is -4.72. The number of carboxylic acids is 1. The summed E-state index contributed by atoms with van der Waals surface area (Å²) in [4.78, 5) is 16.0. The van der Waals surface area contributed by atoms with Crippen molar-refractivity contribution in [1.29, 1.82) is 0 Å². The molecule has 0 bridgehead atoms. The number of pyridine rings is 1. The van der Waals surface area contributed by atoms with Gasteiger partial charge in [-0.15, -0.1) is 0 Å². The highest BCUT2D eigenvalue weighted by Gasteiger charge is 2.77. The summed E-state index contributed by atoms with van der Waals surface area (Å²) in [6, 6.07) is 13.8. The SMILES string of the molecule is COc1nc(Cl)cc2c1[C@]1(O)[C@H](O)[C@H](CC(=O)O)[C@@H](c3ccccc3)[C@]1(c1ccc(C(F)(F)F)cc1)O2. The van der Waals surface area contributed by atoms with E-state index in [4.69, 9.17) is 21.1 Å². The van der Waals surface area contributed by atoms with Gasteiger partial charge in [0, 0.05) is 17.9 Å². The first-order chi connectivity index (χ1) is 17.4. The lowest BCUT2D eigenvalue weighted by Crippen LogP contribution is -2.52. The van der Waals surface area contributed by atoms with Crippen LogP contribution in [0.1, 0.15) is 34.6 Å². The van der Waals surface area contributed by atoms with Gasteiger partial charge in [-0.3, -0.25) is 4.79 Å². The Morgan fingerprint density at radius 3 is 2.38 bits per heavy atom. The van der Waals surface area contributed by atoms with Crippen LogP contribution >= 0.6 is 11.6 Å². The Labute approximate surface area is 214 Å². The van der Waals surface area contributed by atoms with Crippen molar-refractivity contribution in [3.8, 4) is 11.6 Å². The van der Waals surface area contributed by atoms with Crippen molar-refractivity contribution < 1.29 is 42.8 Å². The Morgan fingerprint density at radius 2 is 1.81 bits per heavy atom. The Bertz CT molecular complexity index is 1350. The summed E-state index contributed by atoms with van der Waals surface area (Å²) < 4.78 is 51.9. The summed E-state index contributed by atoms with van der Waals surface area (Å²) in [5.74, 6) is -3.52. The fourth-order valence-electron chi connectivity index (χ4n) is 5.89. The number of rotatable bonds is 5. The standard InChI is InChI=1S/C26H21ClF3NO6/c1-36-23-21-17(12-18(27)31-23)37-25(14-7-9-15(10-8-14)26(28,29)30)20(13-5-3-2-4-6-13)16(11-19(32)33)22(34)24(21,25)35/h2-10,12,16,20,22,34-35H,11H2,1H3,(H,32,33)/t16-,20-,22-,24+,25+/m1/s1. The normalized spacial score (nSPS) is 28.4. The molecule has 3 N–H and O–H groups in total. The smallest absolute Gasteiger partial charge is 0.416 e. The number of aliphatic hydroxyl groups excluding tert-OH is 1. The van der Waals surface area contributed by atoms with Gasteiger partial charge >= 0.3 is 12.1 Å². The van der Waals surface area contributed by atoms with E-state index in [0.717, 1.165) is 24.3 Å². The molecule has 1 aliphatic heterocycles. The number of aliphatic hydroxyl groups is 2. The Hall–Kier alpha value is -3.34. The molecule has 11 heteroatoms. The van der Waals surface area contributed by atoms with E-state index in [-0.39, 0.29) is 27.9 Å². The van der Waals surface area contributed by atoms with Gasteiger partial charge in [0.25, 0.3) is 0 Å². The summed E-state index contributed by atoms with van der Waals surface area (Å²) >= 11 is 6.14. The molecule has 0 unspecified atom stereocenters. The highest BCUT2D eigenvalue weighted by Crippen LogP contribution is 2.70. The molecular weight excluding hydrogens is 515 g/mol. The number of benzene rings is 2. The van der Waals surface area contributed by atoms with Crippen LogP contribution in [-0.2, 0) is 22.2 Å². The van der Waals surface area contributed by atoms with Crippen molar-refractivity contribution in [2.24, 2.45) is 5.92 Å². The van der Waals surface area contributed by atoms with Crippen molar-refractivity contribution in [2.45, 2.75) is 35.8 Å². The lowest BCUT2D eigenvalue weighted by atomic mass is 9.70. The van der Waals surface area contributed by atoms with Crippen molar-refractivity contribution in [3.63, 3.8) is 0 Å². The Kier molecular flexibility index (Phi) is 5.89. The molecule has 2 aliphatic rings. The van der Waals surface area contributed by atoms with E-state index in [1.54, 1.807) is 30.3 Å². The largest absolute Gasteiger partial charge is 0.481 e. The molecule has 5 atom stereocenters. The average molecular weight is 536 g/mol. The first-order valence-electron chi connectivity index (χ1n) is 11.2. The molecule has 1 fully saturated rings. The van der Waals surface area contributed by atoms with Crippen LogP contribution in [0.15, 0.2) is 60.7 Å². The number of carbonyl (C=O) groups is 1. The molecule has 1 aliphatic carbocycles. The lowest BCUT2D eigenvalue weighted by molar-refractivity contribution is -0.154. The van der Waals surface area contributed by atoms with E-state index in [1.165, 1.54) is 13.2 Å². The van der Waals surface area contributed by atoms with Gasteiger partial charge in [-0.1, -0.05) is 54.1 Å². The summed E-state index contributed by atoms with van der Waals surface area (Å²) in [6.45, 7) is 0. The zero-order chi connectivity index (χ0) is 26.8. The van der Waals surface area contributed by atoms with E-state index in [1.807, 2.05) is 0 Å². The number of ether oxygens (including phenoxy) is 2. The van der Waals surface area contributed by atoms with Crippen LogP contribution in [0.3, 0.4) is 0 Å². The van der Waals surface area contributed by atoms with Crippen LogP contribution in [0.5, 0.6) is 11.6 Å². The predicted molar refractivity (Wildman–Crippen MR) is 124 cm³/mol. The van der Waals surface area contributed by atoms with E-state index >= 15 is 0 Å². The Balaban J connectivity index is 1.85. The molecule has 0 radical (unpaired) electrons. The van der Waals surface area contributed by atoms with Gasteiger partial charge in [0.2, 0.25) is 5.88 Å². The number of halogens is 4. The van der Waals surface area contributed by atoms with Crippen LogP contribution in [0, 0.1) is 5.92 Å². The quantitative estimate of drug-likeness (QED) is 0.413. The molecule has 194 valence electrons. The maximum atomic E-state index is 13.4. The van der Waals surface area contributed by atoms with Crippen molar-refractivity contribution in [2.75, 3.05) is 7.11 Å².